The van der Waals surface area contributed by atoms with Gasteiger partial charge in [-0.05, 0) is 55.8 Å². The highest BCUT2D eigenvalue weighted by molar-refractivity contribution is 5.93. The molecule has 0 aliphatic carbocycles. The highest BCUT2D eigenvalue weighted by Crippen LogP contribution is 2.29. The Morgan fingerprint density at radius 3 is 2.39 bits per heavy atom. The lowest BCUT2D eigenvalue weighted by atomic mass is 10.0. The molecule has 1 aromatic carbocycles. The van der Waals surface area contributed by atoms with Crippen LogP contribution in [0.3, 0.4) is 0 Å². The Morgan fingerprint density at radius 1 is 1.04 bits per heavy atom. The number of hydrogen-bond donors (Lipinski definition) is 2. The number of aryl methyl sites for hydroxylation is 2. The number of benzene rings is 1. The van der Waals surface area contributed by atoms with Crippen molar-refractivity contribution in [2.24, 2.45) is 0 Å². The summed E-state index contributed by atoms with van der Waals surface area (Å²) in [5, 5.41) is 11.0. The molecule has 5 nitrogen and oxygen atoms in total. The van der Waals surface area contributed by atoms with Crippen molar-refractivity contribution < 1.29 is 4.79 Å². The molecule has 0 aliphatic rings. The lowest BCUT2D eigenvalue weighted by Gasteiger charge is -2.14. The molecule has 0 fully saturated rings. The summed E-state index contributed by atoms with van der Waals surface area (Å²) in [7, 11) is 0. The molecular formula is C23H26N4O. The molecule has 2 aromatic heterocycles. The Kier molecular flexibility index (Phi) is 7.15. The zero-order valence-corrected chi connectivity index (χ0v) is 17.0. The van der Waals surface area contributed by atoms with Crippen LogP contribution in [-0.4, -0.2) is 22.0 Å². The number of nitrogens with one attached hydrogen (secondary N) is 2. The molecule has 2 heterocycles. The van der Waals surface area contributed by atoms with Gasteiger partial charge in [0.2, 0.25) is 0 Å². The van der Waals surface area contributed by atoms with E-state index in [9.17, 15) is 4.79 Å². The minimum atomic E-state index is -0.0676. The summed E-state index contributed by atoms with van der Waals surface area (Å²) in [6, 6.07) is 15.1. The van der Waals surface area contributed by atoms with E-state index < -0.39 is 0 Å². The van der Waals surface area contributed by atoms with E-state index in [0.29, 0.717) is 5.69 Å². The molecule has 0 aliphatic heterocycles. The summed E-state index contributed by atoms with van der Waals surface area (Å²) in [5.41, 5.74) is 5.47. The maximum atomic E-state index is 11.6. The van der Waals surface area contributed by atoms with Crippen LogP contribution in [0.25, 0.3) is 11.3 Å². The van der Waals surface area contributed by atoms with E-state index >= 15 is 0 Å². The maximum Gasteiger partial charge on any atom is 0.178 e. The first kappa shape index (κ1) is 21.0. The Hall–Kier alpha value is -3.34. The van der Waals surface area contributed by atoms with Gasteiger partial charge >= 0.3 is 0 Å². The summed E-state index contributed by atoms with van der Waals surface area (Å²) >= 11 is 0. The van der Waals surface area contributed by atoms with Gasteiger partial charge < -0.3 is 10.7 Å². The quantitative estimate of drug-likeness (QED) is 0.441. The fourth-order valence-corrected chi connectivity index (χ4v) is 2.78. The third-order valence-corrected chi connectivity index (χ3v) is 4.09. The highest BCUT2D eigenvalue weighted by atomic mass is 16.1. The third-order valence-electron chi connectivity index (χ3n) is 4.09. The summed E-state index contributed by atoms with van der Waals surface area (Å²) in [6.07, 6.45) is 1.33. The van der Waals surface area contributed by atoms with Crippen molar-refractivity contribution >= 4 is 23.5 Å². The van der Waals surface area contributed by atoms with Crippen LogP contribution in [0, 0.1) is 19.3 Å². The first-order valence-corrected chi connectivity index (χ1v) is 9.32. The van der Waals surface area contributed by atoms with E-state index in [1.165, 1.54) is 13.1 Å². The Labute approximate surface area is 166 Å². The van der Waals surface area contributed by atoms with E-state index in [1.54, 1.807) is 6.07 Å². The van der Waals surface area contributed by atoms with Crippen LogP contribution in [0.2, 0.25) is 0 Å². The number of hydrogen-bond acceptors (Lipinski definition) is 5. The number of anilines is 2. The zero-order valence-electron chi connectivity index (χ0n) is 17.0. The van der Waals surface area contributed by atoms with Crippen molar-refractivity contribution in [1.29, 1.82) is 5.41 Å². The van der Waals surface area contributed by atoms with E-state index in [-0.39, 0.29) is 5.78 Å². The molecule has 0 amide bonds. The maximum absolute atomic E-state index is 11.6. The fourth-order valence-electron chi connectivity index (χ4n) is 2.78. The van der Waals surface area contributed by atoms with Gasteiger partial charge in [0.1, 0.15) is 11.5 Å². The van der Waals surface area contributed by atoms with Gasteiger partial charge in [-0.25, -0.2) is 9.97 Å². The van der Waals surface area contributed by atoms with Crippen molar-refractivity contribution in [2.45, 2.75) is 34.6 Å². The van der Waals surface area contributed by atoms with Crippen LogP contribution in [0.4, 0.5) is 11.5 Å². The normalized spacial score (nSPS) is 9.89. The molecule has 0 radical (unpaired) electrons. The van der Waals surface area contributed by atoms with Gasteiger partial charge in [0.25, 0.3) is 0 Å². The molecule has 0 unspecified atom stereocenters. The molecular weight excluding hydrogens is 348 g/mol. The first-order valence-electron chi connectivity index (χ1n) is 9.32. The summed E-state index contributed by atoms with van der Waals surface area (Å²) in [5.74, 6) is 0.650. The lowest BCUT2D eigenvalue weighted by Crippen LogP contribution is -2.02. The van der Waals surface area contributed by atoms with Crippen molar-refractivity contribution in [3.05, 3.63) is 71.0 Å². The Bertz CT molecular complexity index is 996. The minimum absolute atomic E-state index is 0.0676. The first-order chi connectivity index (χ1) is 13.5. The molecule has 0 spiro atoms. The van der Waals surface area contributed by atoms with Crippen molar-refractivity contribution in [2.75, 3.05) is 5.32 Å². The van der Waals surface area contributed by atoms with Crippen LogP contribution in [0.5, 0.6) is 0 Å². The minimum Gasteiger partial charge on any atom is -0.340 e. The van der Waals surface area contributed by atoms with Gasteiger partial charge in [0, 0.05) is 35.6 Å². The van der Waals surface area contributed by atoms with Crippen LogP contribution in [0.1, 0.15) is 48.1 Å². The van der Waals surface area contributed by atoms with Crippen molar-refractivity contribution in [1.82, 2.24) is 9.97 Å². The molecule has 3 rings (SSSR count). The number of carbonyl (C=O) groups is 1. The third kappa shape index (κ3) is 4.88. The SMILES string of the molecule is CC.CC(=O)c1cccc(-c2cc(C)c(C=N)c(Nc3cccc(C)n3)c2)n1. The second-order valence-electron chi connectivity index (χ2n) is 6.15. The molecule has 0 atom stereocenters. The standard InChI is InChI=1S/C21H20N4O.C2H6/c1-13-10-16(19-8-5-7-18(24-19)15(3)26)11-20(17(13)12-22)25-21-9-4-6-14(2)23-21;1-2/h4-12,22H,1-3H3,(H,23,25);1-2H3. The van der Waals surface area contributed by atoms with Crippen LogP contribution >= 0.6 is 0 Å². The van der Waals surface area contributed by atoms with Crippen LogP contribution < -0.4 is 5.32 Å². The van der Waals surface area contributed by atoms with E-state index in [2.05, 4.69) is 15.3 Å². The van der Waals surface area contributed by atoms with Crippen LogP contribution in [-0.2, 0) is 0 Å². The number of Topliss-reactive ketones (excluding diaryl/α,β-unsaturated/α-hetero) is 1. The predicted molar refractivity (Wildman–Crippen MR) is 116 cm³/mol. The van der Waals surface area contributed by atoms with Crippen molar-refractivity contribution in [3.63, 3.8) is 0 Å². The number of aromatic nitrogens is 2. The summed E-state index contributed by atoms with van der Waals surface area (Å²) in [4.78, 5) is 20.5. The molecule has 5 heteroatoms. The van der Waals surface area contributed by atoms with Gasteiger partial charge in [-0.1, -0.05) is 26.0 Å². The zero-order chi connectivity index (χ0) is 20.7. The molecule has 2 N–H and O–H groups in total. The summed E-state index contributed by atoms with van der Waals surface area (Å²) < 4.78 is 0. The van der Waals surface area contributed by atoms with Crippen molar-refractivity contribution in [3.8, 4) is 11.3 Å². The topological polar surface area (TPSA) is 78.7 Å². The second kappa shape index (κ2) is 9.55. The molecule has 144 valence electrons. The average Bonchev–Trinajstić information content (AvgIpc) is 2.69. The fraction of sp³-hybridized carbons (Fsp3) is 0.217. The van der Waals surface area contributed by atoms with Gasteiger partial charge in [-0.2, -0.15) is 0 Å². The molecule has 0 saturated carbocycles. The number of ketones is 1. The number of rotatable bonds is 5. The number of nitrogens with zero attached hydrogens (tertiary/aromatic N) is 2. The van der Waals surface area contributed by atoms with E-state index in [4.69, 9.17) is 5.41 Å². The number of pyridine rings is 2. The van der Waals surface area contributed by atoms with Gasteiger partial charge in [-0.15, -0.1) is 0 Å². The average molecular weight is 374 g/mol. The molecule has 0 saturated heterocycles. The smallest absolute Gasteiger partial charge is 0.178 e. The molecule has 0 bridgehead atoms. The molecule has 28 heavy (non-hydrogen) atoms. The van der Waals surface area contributed by atoms with E-state index in [1.807, 2.05) is 70.2 Å². The lowest BCUT2D eigenvalue weighted by molar-refractivity contribution is 0.101. The van der Waals surface area contributed by atoms with E-state index in [0.717, 1.165) is 39.6 Å². The number of carbonyl (C=O) groups excluding carboxylic acids is 1. The largest absolute Gasteiger partial charge is 0.340 e. The Balaban J connectivity index is 0.00000136. The monoisotopic (exact) mass is 374 g/mol. The second-order valence-corrected chi connectivity index (χ2v) is 6.15. The van der Waals surface area contributed by atoms with Gasteiger partial charge in [0.05, 0.1) is 5.69 Å². The van der Waals surface area contributed by atoms with Crippen LogP contribution in [0.15, 0.2) is 48.5 Å². The predicted octanol–water partition coefficient (Wildman–Crippen LogP) is 5.73. The molecule has 3 aromatic rings. The Morgan fingerprint density at radius 2 is 1.75 bits per heavy atom. The summed E-state index contributed by atoms with van der Waals surface area (Å²) in [6.45, 7) is 9.39. The van der Waals surface area contributed by atoms with Gasteiger partial charge in [0.15, 0.2) is 5.78 Å². The highest BCUT2D eigenvalue weighted by Gasteiger charge is 2.11. The van der Waals surface area contributed by atoms with Gasteiger partial charge in [-0.3, -0.25) is 4.79 Å².